The van der Waals surface area contributed by atoms with Crippen molar-refractivity contribution in [1.29, 1.82) is 0 Å². The van der Waals surface area contributed by atoms with E-state index < -0.39 is 0 Å². The molecule has 1 aliphatic rings. The van der Waals surface area contributed by atoms with Gasteiger partial charge in [-0.05, 0) is 38.1 Å². The second kappa shape index (κ2) is 7.66. The molecular weight excluding hydrogens is 318 g/mol. The molecule has 1 aromatic heterocycles. The van der Waals surface area contributed by atoms with Gasteiger partial charge in [-0.3, -0.25) is 13.9 Å². The number of hydrogen-bond acceptors (Lipinski definition) is 4. The second-order valence-corrected chi connectivity index (χ2v) is 5.60. The van der Waals surface area contributed by atoms with E-state index in [1.54, 1.807) is 4.57 Å². The van der Waals surface area contributed by atoms with E-state index in [1.165, 1.54) is 7.11 Å². The van der Waals surface area contributed by atoms with Gasteiger partial charge in [0.05, 0.1) is 24.6 Å². The van der Waals surface area contributed by atoms with Crippen molar-refractivity contribution in [2.75, 3.05) is 20.2 Å². The molecule has 0 aliphatic carbocycles. The molecule has 7 heteroatoms. The van der Waals surface area contributed by atoms with Gasteiger partial charge in [0, 0.05) is 12.6 Å². The lowest BCUT2D eigenvalue weighted by Crippen LogP contribution is -2.35. The summed E-state index contributed by atoms with van der Waals surface area (Å²) < 4.78 is 8.26. The van der Waals surface area contributed by atoms with Crippen LogP contribution in [0.25, 0.3) is 11.0 Å². The van der Waals surface area contributed by atoms with E-state index in [9.17, 15) is 9.59 Å². The SMILES string of the molecule is COC(=O)CCn1c(=O)n(C2CCNCC2)c2ccccc21.Cl. The lowest BCUT2D eigenvalue weighted by molar-refractivity contribution is -0.140. The number of methoxy groups -OCH3 is 1. The summed E-state index contributed by atoms with van der Waals surface area (Å²) >= 11 is 0. The van der Waals surface area contributed by atoms with E-state index in [1.807, 2.05) is 28.8 Å². The first-order chi connectivity index (χ1) is 10.7. The quantitative estimate of drug-likeness (QED) is 0.861. The van der Waals surface area contributed by atoms with Crippen molar-refractivity contribution < 1.29 is 9.53 Å². The van der Waals surface area contributed by atoms with E-state index in [2.05, 4.69) is 10.1 Å². The zero-order valence-corrected chi connectivity index (χ0v) is 14.0. The highest BCUT2D eigenvalue weighted by Crippen LogP contribution is 2.23. The molecular formula is C16H22ClN3O3. The summed E-state index contributed by atoms with van der Waals surface area (Å²) in [5, 5.41) is 3.32. The topological polar surface area (TPSA) is 65.3 Å². The number of ether oxygens (including phenoxy) is 1. The van der Waals surface area contributed by atoms with E-state index in [4.69, 9.17) is 0 Å². The third-order valence-electron chi connectivity index (χ3n) is 4.31. The number of rotatable bonds is 4. The number of fused-ring (bicyclic) bond motifs is 1. The van der Waals surface area contributed by atoms with Crippen molar-refractivity contribution in [3.63, 3.8) is 0 Å². The monoisotopic (exact) mass is 339 g/mol. The third-order valence-corrected chi connectivity index (χ3v) is 4.31. The Morgan fingerprint density at radius 1 is 1.26 bits per heavy atom. The molecule has 2 aromatic rings. The number of piperidine rings is 1. The Morgan fingerprint density at radius 2 is 1.91 bits per heavy atom. The van der Waals surface area contributed by atoms with Gasteiger partial charge in [-0.1, -0.05) is 12.1 Å². The maximum absolute atomic E-state index is 12.8. The van der Waals surface area contributed by atoms with Crippen LogP contribution in [0, 0.1) is 0 Å². The van der Waals surface area contributed by atoms with Crippen molar-refractivity contribution in [2.24, 2.45) is 0 Å². The van der Waals surface area contributed by atoms with Crippen LogP contribution >= 0.6 is 12.4 Å². The fourth-order valence-electron chi connectivity index (χ4n) is 3.17. The Labute approximate surface area is 140 Å². The molecule has 0 spiro atoms. The number of aromatic nitrogens is 2. The summed E-state index contributed by atoms with van der Waals surface area (Å²) in [5.41, 5.74) is 1.80. The summed E-state index contributed by atoms with van der Waals surface area (Å²) in [5.74, 6) is -0.300. The van der Waals surface area contributed by atoms with Crippen molar-refractivity contribution in [2.45, 2.75) is 31.8 Å². The van der Waals surface area contributed by atoms with E-state index >= 15 is 0 Å². The Balaban J connectivity index is 0.00000192. The number of aryl methyl sites for hydroxylation is 1. The summed E-state index contributed by atoms with van der Waals surface area (Å²) in [6.07, 6.45) is 2.10. The number of nitrogens with zero attached hydrogens (tertiary/aromatic N) is 2. The van der Waals surface area contributed by atoms with Gasteiger partial charge in [0.15, 0.2) is 0 Å². The van der Waals surface area contributed by atoms with Crippen molar-refractivity contribution >= 4 is 29.4 Å². The molecule has 3 rings (SSSR count). The van der Waals surface area contributed by atoms with Crippen LogP contribution in [0.2, 0.25) is 0 Å². The molecule has 1 aliphatic heterocycles. The first-order valence-electron chi connectivity index (χ1n) is 7.69. The summed E-state index contributed by atoms with van der Waals surface area (Å²) in [7, 11) is 1.36. The number of carbonyl (C=O) groups is 1. The van der Waals surface area contributed by atoms with Crippen LogP contribution in [-0.2, 0) is 16.1 Å². The maximum atomic E-state index is 12.8. The molecule has 2 heterocycles. The normalized spacial score (nSPS) is 15.3. The molecule has 0 bridgehead atoms. The highest BCUT2D eigenvalue weighted by molar-refractivity contribution is 5.85. The lowest BCUT2D eigenvalue weighted by atomic mass is 10.1. The van der Waals surface area contributed by atoms with Crippen LogP contribution < -0.4 is 11.0 Å². The molecule has 0 atom stereocenters. The van der Waals surface area contributed by atoms with E-state index in [-0.39, 0.29) is 36.5 Å². The number of carbonyl (C=O) groups excluding carboxylic acids is 1. The summed E-state index contributed by atoms with van der Waals surface area (Å²) in [4.78, 5) is 24.2. The second-order valence-electron chi connectivity index (χ2n) is 5.60. The smallest absolute Gasteiger partial charge is 0.329 e. The van der Waals surface area contributed by atoms with Crippen LogP contribution in [0.4, 0.5) is 0 Å². The van der Waals surface area contributed by atoms with Crippen molar-refractivity contribution in [3.8, 4) is 0 Å². The average molecular weight is 340 g/mol. The first kappa shape index (κ1) is 17.6. The van der Waals surface area contributed by atoms with Crippen LogP contribution in [0.3, 0.4) is 0 Å². The number of hydrogen-bond donors (Lipinski definition) is 1. The van der Waals surface area contributed by atoms with Crippen molar-refractivity contribution in [1.82, 2.24) is 14.5 Å². The summed E-state index contributed by atoms with van der Waals surface area (Å²) in [6.45, 7) is 2.21. The number of benzene rings is 1. The third kappa shape index (κ3) is 3.43. The van der Waals surface area contributed by atoms with Crippen LogP contribution in [0.15, 0.2) is 29.1 Å². The molecule has 1 aromatic carbocycles. The maximum Gasteiger partial charge on any atom is 0.329 e. The molecule has 0 amide bonds. The molecule has 1 saturated heterocycles. The molecule has 126 valence electrons. The highest BCUT2D eigenvalue weighted by atomic mass is 35.5. The number of imidazole rings is 1. The van der Waals surface area contributed by atoms with Crippen LogP contribution in [-0.4, -0.2) is 35.3 Å². The van der Waals surface area contributed by atoms with Gasteiger partial charge in [-0.25, -0.2) is 4.79 Å². The molecule has 1 fully saturated rings. The minimum atomic E-state index is -0.300. The first-order valence-corrected chi connectivity index (χ1v) is 7.69. The zero-order chi connectivity index (χ0) is 15.5. The minimum absolute atomic E-state index is 0. The predicted molar refractivity (Wildman–Crippen MR) is 91.2 cm³/mol. The Hall–Kier alpha value is -1.79. The predicted octanol–water partition coefficient (Wildman–Crippen LogP) is 1.71. The molecule has 6 nitrogen and oxygen atoms in total. The highest BCUT2D eigenvalue weighted by Gasteiger charge is 2.22. The van der Waals surface area contributed by atoms with Gasteiger partial charge in [0.2, 0.25) is 0 Å². The molecule has 0 radical (unpaired) electrons. The number of nitrogens with one attached hydrogen (secondary N) is 1. The number of para-hydroxylation sites is 2. The van der Waals surface area contributed by atoms with Gasteiger partial charge in [0.25, 0.3) is 0 Å². The molecule has 23 heavy (non-hydrogen) atoms. The molecule has 0 unspecified atom stereocenters. The van der Waals surface area contributed by atoms with Crippen LogP contribution in [0.1, 0.15) is 25.3 Å². The molecule has 1 N–H and O–H groups in total. The van der Waals surface area contributed by atoms with Crippen molar-refractivity contribution in [3.05, 3.63) is 34.7 Å². The lowest BCUT2D eigenvalue weighted by Gasteiger charge is -2.23. The fourth-order valence-corrected chi connectivity index (χ4v) is 3.17. The standard InChI is InChI=1S/C16H21N3O3.ClH/c1-22-15(20)8-11-18-13-4-2-3-5-14(13)19(16(18)21)12-6-9-17-10-7-12;/h2-5,12,17H,6-11H2,1H3;1H. The fraction of sp³-hybridized carbons (Fsp3) is 0.500. The van der Waals surface area contributed by atoms with E-state index in [0.717, 1.165) is 37.0 Å². The Kier molecular flexibility index (Phi) is 5.85. The van der Waals surface area contributed by atoms with Gasteiger partial charge >= 0.3 is 11.7 Å². The van der Waals surface area contributed by atoms with Gasteiger partial charge in [-0.2, -0.15) is 0 Å². The van der Waals surface area contributed by atoms with Crippen LogP contribution in [0.5, 0.6) is 0 Å². The number of esters is 1. The van der Waals surface area contributed by atoms with Gasteiger partial charge in [-0.15, -0.1) is 12.4 Å². The number of halogens is 1. The minimum Gasteiger partial charge on any atom is -0.469 e. The molecule has 0 saturated carbocycles. The Morgan fingerprint density at radius 3 is 2.57 bits per heavy atom. The Bertz CT molecular complexity index is 732. The average Bonchev–Trinajstić information content (AvgIpc) is 2.85. The zero-order valence-electron chi connectivity index (χ0n) is 13.2. The van der Waals surface area contributed by atoms with E-state index in [0.29, 0.717) is 6.54 Å². The van der Waals surface area contributed by atoms with Gasteiger partial charge < -0.3 is 10.1 Å². The summed E-state index contributed by atoms with van der Waals surface area (Å²) in [6, 6.07) is 8.00. The van der Waals surface area contributed by atoms with Gasteiger partial charge in [0.1, 0.15) is 0 Å². The largest absolute Gasteiger partial charge is 0.469 e.